The van der Waals surface area contributed by atoms with Crippen molar-refractivity contribution >= 4 is 26.9 Å². The first-order chi connectivity index (χ1) is 11.7. The van der Waals surface area contributed by atoms with E-state index >= 15 is 0 Å². The van der Waals surface area contributed by atoms with Gasteiger partial charge in [0.25, 0.3) is 5.91 Å². The van der Waals surface area contributed by atoms with Crippen molar-refractivity contribution in [2.24, 2.45) is 5.92 Å². The number of sulfone groups is 1. The molecule has 136 valence electrons. The van der Waals surface area contributed by atoms with Crippen LogP contribution < -0.4 is 0 Å². The quantitative estimate of drug-likeness (QED) is 0.827. The molecule has 0 N–H and O–H groups in total. The molecule has 1 amide bonds. The van der Waals surface area contributed by atoms with E-state index in [1.54, 1.807) is 23.5 Å². The fourth-order valence-corrected chi connectivity index (χ4v) is 4.54. The Labute approximate surface area is 148 Å². The number of carbonyl (C=O) groups excluding carboxylic acids is 1. The second-order valence-electron chi connectivity index (χ2n) is 7.16. The number of carbonyl (C=O) groups is 1. The van der Waals surface area contributed by atoms with Gasteiger partial charge < -0.3 is 9.47 Å². The minimum atomic E-state index is -3.03. The highest BCUT2D eigenvalue weighted by Gasteiger charge is 2.27. The zero-order chi connectivity index (χ0) is 18.2. The van der Waals surface area contributed by atoms with Gasteiger partial charge in [-0.15, -0.1) is 0 Å². The van der Waals surface area contributed by atoms with E-state index in [1.807, 2.05) is 4.57 Å². The summed E-state index contributed by atoms with van der Waals surface area (Å²) in [7, 11) is -3.03. The van der Waals surface area contributed by atoms with Gasteiger partial charge in [0.15, 0.2) is 5.65 Å². The number of fused-ring (bicyclic) bond motifs is 1. The van der Waals surface area contributed by atoms with E-state index in [0.717, 1.165) is 18.5 Å². The highest BCUT2D eigenvalue weighted by atomic mass is 32.2. The number of likely N-dealkylation sites (tertiary alicyclic amines) is 1. The van der Waals surface area contributed by atoms with Gasteiger partial charge in [0.05, 0.1) is 17.6 Å². The Morgan fingerprint density at radius 3 is 2.80 bits per heavy atom. The summed E-state index contributed by atoms with van der Waals surface area (Å²) in [5.41, 5.74) is 1.96. The Balaban J connectivity index is 1.79. The molecule has 0 saturated carbocycles. The van der Waals surface area contributed by atoms with Crippen molar-refractivity contribution in [1.29, 1.82) is 0 Å². The van der Waals surface area contributed by atoms with Crippen LogP contribution in [0.25, 0.3) is 11.2 Å². The average molecular weight is 364 g/mol. The molecule has 7 nitrogen and oxygen atoms in total. The lowest BCUT2D eigenvalue weighted by Gasteiger charge is -2.32. The molecule has 8 heteroatoms. The maximum absolute atomic E-state index is 12.8. The van der Waals surface area contributed by atoms with E-state index in [0.29, 0.717) is 24.2 Å². The predicted octanol–water partition coefficient (Wildman–Crippen LogP) is 1.91. The van der Waals surface area contributed by atoms with Gasteiger partial charge >= 0.3 is 0 Å². The molecule has 1 atom stereocenters. The van der Waals surface area contributed by atoms with Crippen LogP contribution >= 0.6 is 0 Å². The number of rotatable bonds is 4. The number of pyridine rings is 1. The van der Waals surface area contributed by atoms with Crippen molar-refractivity contribution in [3.8, 4) is 0 Å². The molecule has 1 saturated heterocycles. The second-order valence-corrected chi connectivity index (χ2v) is 9.35. The lowest BCUT2D eigenvalue weighted by Crippen LogP contribution is -2.41. The number of nitrogens with zero attached hydrogens (tertiary/aromatic N) is 4. The summed E-state index contributed by atoms with van der Waals surface area (Å²) in [6, 6.07) is 2.02. The molecule has 3 heterocycles. The van der Waals surface area contributed by atoms with E-state index < -0.39 is 9.84 Å². The lowest BCUT2D eigenvalue weighted by molar-refractivity contribution is 0.0684. The van der Waals surface area contributed by atoms with Crippen LogP contribution in [0.2, 0.25) is 0 Å². The monoisotopic (exact) mass is 364 g/mol. The molecule has 2 aromatic heterocycles. The molecule has 2 aromatic rings. The van der Waals surface area contributed by atoms with Crippen molar-refractivity contribution in [2.45, 2.75) is 32.7 Å². The van der Waals surface area contributed by atoms with Gasteiger partial charge in [0.1, 0.15) is 15.4 Å². The number of imidazole rings is 1. The normalized spacial score (nSPS) is 18.9. The molecular weight excluding hydrogens is 340 g/mol. The summed E-state index contributed by atoms with van der Waals surface area (Å²) in [6.45, 7) is 5.23. The van der Waals surface area contributed by atoms with E-state index in [1.165, 1.54) is 6.26 Å². The van der Waals surface area contributed by atoms with Crippen LogP contribution in [-0.2, 0) is 9.84 Å². The Morgan fingerprint density at radius 1 is 1.36 bits per heavy atom. The summed E-state index contributed by atoms with van der Waals surface area (Å²) >= 11 is 0. The number of aromatic nitrogens is 3. The molecular formula is C17H24N4O3S. The van der Waals surface area contributed by atoms with Gasteiger partial charge in [-0.05, 0) is 38.7 Å². The van der Waals surface area contributed by atoms with Gasteiger partial charge in [-0.25, -0.2) is 18.4 Å². The summed E-state index contributed by atoms with van der Waals surface area (Å²) < 4.78 is 25.0. The third kappa shape index (κ3) is 4.00. The number of hydrogen-bond donors (Lipinski definition) is 0. The van der Waals surface area contributed by atoms with Crippen molar-refractivity contribution in [3.05, 3.63) is 24.2 Å². The third-order valence-corrected chi connectivity index (χ3v) is 5.64. The van der Waals surface area contributed by atoms with E-state index in [2.05, 4.69) is 23.8 Å². The zero-order valence-electron chi connectivity index (χ0n) is 14.8. The van der Waals surface area contributed by atoms with Crippen LogP contribution in [0, 0.1) is 5.92 Å². The summed E-state index contributed by atoms with van der Waals surface area (Å²) in [6.07, 6.45) is 6.23. The molecule has 1 fully saturated rings. The minimum Gasteiger partial charge on any atom is -0.338 e. The standard InChI is InChI=1S/C17H24N4O3S/c1-12(2)21-11-19-15-7-14(8-18-16(15)21)17(22)20-6-4-5-13(9-20)10-25(3,23)24/h7-8,11-13H,4-6,9-10H2,1-3H3. The average Bonchev–Trinajstić information content (AvgIpc) is 2.96. The number of piperidine rings is 1. The summed E-state index contributed by atoms with van der Waals surface area (Å²) in [5, 5.41) is 0. The summed E-state index contributed by atoms with van der Waals surface area (Å²) in [5.74, 6) is 0.0311. The molecule has 0 aromatic carbocycles. The molecule has 0 spiro atoms. The minimum absolute atomic E-state index is 0.00420. The SMILES string of the molecule is CC(C)n1cnc2cc(C(=O)N3CCCC(CS(C)(=O)=O)C3)cnc21. The van der Waals surface area contributed by atoms with Crippen LogP contribution in [0.15, 0.2) is 18.6 Å². The zero-order valence-corrected chi connectivity index (χ0v) is 15.7. The maximum atomic E-state index is 12.8. The molecule has 0 bridgehead atoms. The Kier molecular flexibility index (Phi) is 4.81. The Bertz CT molecular complexity index is 888. The van der Waals surface area contributed by atoms with Crippen LogP contribution in [0.3, 0.4) is 0 Å². The van der Waals surface area contributed by atoms with Crippen LogP contribution in [0.1, 0.15) is 43.1 Å². The second kappa shape index (κ2) is 6.74. The molecule has 1 unspecified atom stereocenters. The fraction of sp³-hybridized carbons (Fsp3) is 0.588. The smallest absolute Gasteiger partial charge is 0.255 e. The van der Waals surface area contributed by atoms with Crippen LogP contribution in [0.4, 0.5) is 0 Å². The van der Waals surface area contributed by atoms with Crippen molar-refractivity contribution in [1.82, 2.24) is 19.4 Å². The van der Waals surface area contributed by atoms with Gasteiger partial charge in [0.2, 0.25) is 0 Å². The first-order valence-corrected chi connectivity index (χ1v) is 10.6. The number of amides is 1. The maximum Gasteiger partial charge on any atom is 0.255 e. The van der Waals surface area contributed by atoms with E-state index in [4.69, 9.17) is 0 Å². The molecule has 1 aliphatic rings. The van der Waals surface area contributed by atoms with Crippen molar-refractivity contribution in [3.63, 3.8) is 0 Å². The van der Waals surface area contributed by atoms with Gasteiger partial charge in [0, 0.05) is 31.6 Å². The summed E-state index contributed by atoms with van der Waals surface area (Å²) in [4.78, 5) is 23.3. The molecule has 1 aliphatic heterocycles. The van der Waals surface area contributed by atoms with E-state index in [-0.39, 0.29) is 23.6 Å². The first-order valence-electron chi connectivity index (χ1n) is 8.54. The van der Waals surface area contributed by atoms with Crippen LogP contribution in [0.5, 0.6) is 0 Å². The largest absolute Gasteiger partial charge is 0.338 e. The Hall–Kier alpha value is -1.96. The van der Waals surface area contributed by atoms with Crippen LogP contribution in [-0.4, -0.2) is 58.9 Å². The molecule has 0 radical (unpaired) electrons. The number of hydrogen-bond acceptors (Lipinski definition) is 5. The highest BCUT2D eigenvalue weighted by molar-refractivity contribution is 7.90. The molecule has 25 heavy (non-hydrogen) atoms. The molecule has 0 aliphatic carbocycles. The third-order valence-electron chi connectivity index (χ3n) is 4.56. The van der Waals surface area contributed by atoms with Gasteiger partial charge in [-0.2, -0.15) is 0 Å². The fourth-order valence-electron chi connectivity index (χ4n) is 3.41. The highest BCUT2D eigenvalue weighted by Crippen LogP contribution is 2.21. The Morgan fingerprint density at radius 2 is 2.12 bits per heavy atom. The van der Waals surface area contributed by atoms with Gasteiger partial charge in [-0.3, -0.25) is 4.79 Å². The topological polar surface area (TPSA) is 85.2 Å². The van der Waals surface area contributed by atoms with Crippen molar-refractivity contribution in [2.75, 3.05) is 25.1 Å². The van der Waals surface area contributed by atoms with Crippen molar-refractivity contribution < 1.29 is 13.2 Å². The predicted molar refractivity (Wildman–Crippen MR) is 96.3 cm³/mol. The first kappa shape index (κ1) is 17.8. The molecule has 3 rings (SSSR count). The van der Waals surface area contributed by atoms with Gasteiger partial charge in [-0.1, -0.05) is 0 Å². The van der Waals surface area contributed by atoms with E-state index in [9.17, 15) is 13.2 Å². The lowest BCUT2D eigenvalue weighted by atomic mass is 9.99.